The molecule has 0 radical (unpaired) electrons. The average molecular weight is 335 g/mol. The third kappa shape index (κ3) is 3.51. The number of aromatic hydroxyl groups is 1. The Morgan fingerprint density at radius 2 is 1.82 bits per heavy atom. The first-order valence-electron chi connectivity index (χ1n) is 6.38. The van der Waals surface area contributed by atoms with Crippen molar-refractivity contribution in [3.05, 3.63) is 63.1 Å². The fraction of sp³-hybridized carbons (Fsp3) is 0.125. The molecule has 0 fully saturated rings. The van der Waals surface area contributed by atoms with E-state index in [0.717, 1.165) is 5.56 Å². The monoisotopic (exact) mass is 334 g/mol. The highest BCUT2D eigenvalue weighted by Gasteiger charge is 2.21. The molecule has 6 heteroatoms. The maximum atomic E-state index is 11.4. The van der Waals surface area contributed by atoms with Crippen LogP contribution in [-0.2, 0) is 4.79 Å². The zero-order chi connectivity index (χ0) is 16.3. The molecule has 1 amide bonds. The summed E-state index contributed by atoms with van der Waals surface area (Å²) in [6, 6.07) is 11.6. The van der Waals surface area contributed by atoms with E-state index in [9.17, 15) is 9.90 Å². The fourth-order valence-corrected chi connectivity index (χ4v) is 2.56. The highest BCUT2D eigenvalue weighted by atomic mass is 35.5. The van der Waals surface area contributed by atoms with Crippen molar-refractivity contribution in [2.24, 2.45) is 5.73 Å². The number of nitriles is 1. The second-order valence-electron chi connectivity index (χ2n) is 4.78. The first kappa shape index (κ1) is 16.2. The number of benzene rings is 2. The van der Waals surface area contributed by atoms with Crippen molar-refractivity contribution in [1.82, 2.24) is 0 Å². The lowest BCUT2D eigenvalue weighted by Gasteiger charge is -2.18. The number of nitrogens with zero attached hydrogens (tertiary/aromatic N) is 1. The Balaban J connectivity index is 2.52. The number of primary amides is 1. The van der Waals surface area contributed by atoms with Gasteiger partial charge < -0.3 is 10.8 Å². The number of phenolic OH excluding ortho intramolecular Hbond substituents is 1. The van der Waals surface area contributed by atoms with Crippen molar-refractivity contribution >= 4 is 29.1 Å². The predicted octanol–water partition coefficient (Wildman–Crippen LogP) is 3.58. The van der Waals surface area contributed by atoms with Crippen LogP contribution in [0.2, 0.25) is 10.0 Å². The highest BCUT2D eigenvalue weighted by molar-refractivity contribution is 6.42. The van der Waals surface area contributed by atoms with Crippen molar-refractivity contribution in [2.45, 2.75) is 12.3 Å². The molecule has 2 aromatic rings. The Bertz CT molecular complexity index is 752. The Kier molecular flexibility index (Phi) is 4.92. The third-order valence-corrected chi connectivity index (χ3v) is 4.01. The number of hydrogen-bond donors (Lipinski definition) is 2. The summed E-state index contributed by atoms with van der Waals surface area (Å²) in [5.74, 6) is -1.05. The van der Waals surface area contributed by atoms with Gasteiger partial charge in [0, 0.05) is 24.0 Å². The molecule has 1 unspecified atom stereocenters. The van der Waals surface area contributed by atoms with Gasteiger partial charge in [0.15, 0.2) is 0 Å². The summed E-state index contributed by atoms with van der Waals surface area (Å²) in [5, 5.41) is 19.5. The van der Waals surface area contributed by atoms with E-state index in [0.29, 0.717) is 11.1 Å². The molecule has 0 aliphatic rings. The quantitative estimate of drug-likeness (QED) is 0.895. The van der Waals surface area contributed by atoms with Gasteiger partial charge in [-0.3, -0.25) is 4.79 Å². The number of rotatable bonds is 4. The van der Waals surface area contributed by atoms with E-state index in [-0.39, 0.29) is 22.2 Å². The summed E-state index contributed by atoms with van der Waals surface area (Å²) in [6.45, 7) is 0. The number of halogens is 2. The van der Waals surface area contributed by atoms with Crippen LogP contribution in [0.5, 0.6) is 5.75 Å². The molecule has 0 spiro atoms. The van der Waals surface area contributed by atoms with E-state index in [4.69, 9.17) is 34.2 Å². The van der Waals surface area contributed by atoms with Crippen LogP contribution < -0.4 is 5.73 Å². The molecule has 1 atom stereocenters. The topological polar surface area (TPSA) is 87.1 Å². The van der Waals surface area contributed by atoms with Crippen molar-refractivity contribution < 1.29 is 9.90 Å². The molecule has 22 heavy (non-hydrogen) atoms. The van der Waals surface area contributed by atoms with Gasteiger partial charge in [-0.2, -0.15) is 5.26 Å². The molecule has 0 saturated carbocycles. The van der Waals surface area contributed by atoms with Crippen LogP contribution in [-0.4, -0.2) is 11.0 Å². The predicted molar refractivity (Wildman–Crippen MR) is 84.9 cm³/mol. The molecule has 0 aliphatic heterocycles. The molecule has 2 rings (SSSR count). The molecule has 0 aliphatic carbocycles. The molecule has 3 N–H and O–H groups in total. The molecule has 112 valence electrons. The maximum absolute atomic E-state index is 11.4. The largest absolute Gasteiger partial charge is 0.508 e. The van der Waals surface area contributed by atoms with E-state index < -0.39 is 11.8 Å². The lowest BCUT2D eigenvalue weighted by molar-refractivity contribution is -0.118. The number of carbonyl (C=O) groups is 1. The Hall–Kier alpha value is -2.22. The van der Waals surface area contributed by atoms with Crippen LogP contribution >= 0.6 is 23.2 Å². The van der Waals surface area contributed by atoms with Crippen molar-refractivity contribution in [2.75, 3.05) is 0 Å². The van der Waals surface area contributed by atoms with Crippen LogP contribution in [0, 0.1) is 11.3 Å². The maximum Gasteiger partial charge on any atom is 0.218 e. The number of amides is 1. The average Bonchev–Trinajstić information content (AvgIpc) is 2.49. The molecular formula is C16H12Cl2N2O2. The summed E-state index contributed by atoms with van der Waals surface area (Å²) < 4.78 is 0. The molecule has 0 heterocycles. The molecular weight excluding hydrogens is 323 g/mol. The Morgan fingerprint density at radius 3 is 2.36 bits per heavy atom. The van der Waals surface area contributed by atoms with Gasteiger partial charge in [-0.25, -0.2) is 0 Å². The lowest BCUT2D eigenvalue weighted by Crippen LogP contribution is -2.16. The van der Waals surface area contributed by atoms with Gasteiger partial charge in [0.25, 0.3) is 0 Å². The first-order valence-corrected chi connectivity index (χ1v) is 7.14. The third-order valence-electron chi connectivity index (χ3n) is 3.29. The Morgan fingerprint density at radius 1 is 1.23 bits per heavy atom. The van der Waals surface area contributed by atoms with Gasteiger partial charge in [0.05, 0.1) is 21.7 Å². The summed E-state index contributed by atoms with van der Waals surface area (Å²) >= 11 is 11.9. The van der Waals surface area contributed by atoms with Crippen molar-refractivity contribution in [1.29, 1.82) is 5.26 Å². The fourth-order valence-electron chi connectivity index (χ4n) is 2.23. The van der Waals surface area contributed by atoms with Gasteiger partial charge in [0.1, 0.15) is 5.75 Å². The van der Waals surface area contributed by atoms with Crippen LogP contribution in [0.25, 0.3) is 0 Å². The second-order valence-corrected chi connectivity index (χ2v) is 5.60. The molecule has 2 aromatic carbocycles. The van der Waals surface area contributed by atoms with Gasteiger partial charge in [0.2, 0.25) is 5.91 Å². The van der Waals surface area contributed by atoms with Crippen LogP contribution in [0.1, 0.15) is 29.0 Å². The van der Waals surface area contributed by atoms with Gasteiger partial charge in [-0.05, 0) is 23.8 Å². The van der Waals surface area contributed by atoms with E-state index in [1.807, 2.05) is 6.07 Å². The normalized spacial score (nSPS) is 11.7. The second kappa shape index (κ2) is 6.69. The van der Waals surface area contributed by atoms with Gasteiger partial charge in [-0.1, -0.05) is 35.3 Å². The SMILES string of the molecule is N#Cc1ccc(C(CC(N)=O)c2cc(Cl)c(Cl)cc2O)cc1. The molecule has 0 bridgehead atoms. The van der Waals surface area contributed by atoms with E-state index in [1.165, 1.54) is 12.1 Å². The first-order chi connectivity index (χ1) is 10.4. The number of nitrogens with two attached hydrogens (primary N) is 1. The minimum atomic E-state index is -0.514. The summed E-state index contributed by atoms with van der Waals surface area (Å²) in [6.07, 6.45) is -0.00256. The zero-order valence-electron chi connectivity index (χ0n) is 11.4. The zero-order valence-corrected chi connectivity index (χ0v) is 12.9. The molecule has 0 saturated heterocycles. The molecule has 4 nitrogen and oxygen atoms in total. The standard InChI is InChI=1S/C16H12Cl2N2O2/c17-13-5-12(15(21)7-14(13)18)11(6-16(20)22)10-3-1-9(8-19)2-4-10/h1-5,7,11,21H,6H2,(H2,20,22). The smallest absolute Gasteiger partial charge is 0.218 e. The minimum Gasteiger partial charge on any atom is -0.508 e. The molecule has 0 aromatic heterocycles. The van der Waals surface area contributed by atoms with E-state index >= 15 is 0 Å². The van der Waals surface area contributed by atoms with Crippen LogP contribution in [0.15, 0.2) is 36.4 Å². The lowest BCUT2D eigenvalue weighted by atomic mass is 9.87. The van der Waals surface area contributed by atoms with E-state index in [1.54, 1.807) is 24.3 Å². The summed E-state index contributed by atoms with van der Waals surface area (Å²) in [5.41, 5.74) is 7.01. The van der Waals surface area contributed by atoms with Crippen LogP contribution in [0.4, 0.5) is 0 Å². The van der Waals surface area contributed by atoms with Crippen molar-refractivity contribution in [3.8, 4) is 11.8 Å². The van der Waals surface area contributed by atoms with Gasteiger partial charge >= 0.3 is 0 Å². The minimum absolute atomic E-state index is 0.00256. The number of hydrogen-bond acceptors (Lipinski definition) is 3. The number of phenols is 1. The van der Waals surface area contributed by atoms with Crippen molar-refractivity contribution in [3.63, 3.8) is 0 Å². The number of carbonyl (C=O) groups excluding carboxylic acids is 1. The summed E-state index contributed by atoms with van der Waals surface area (Å²) in [4.78, 5) is 11.4. The van der Waals surface area contributed by atoms with Crippen LogP contribution in [0.3, 0.4) is 0 Å². The van der Waals surface area contributed by atoms with Gasteiger partial charge in [-0.15, -0.1) is 0 Å². The highest BCUT2D eigenvalue weighted by Crippen LogP contribution is 2.38. The van der Waals surface area contributed by atoms with E-state index in [2.05, 4.69) is 0 Å². The summed E-state index contributed by atoms with van der Waals surface area (Å²) in [7, 11) is 0. The Labute approximate surface area is 137 Å².